The summed E-state index contributed by atoms with van der Waals surface area (Å²) in [6.45, 7) is 3.38. The Kier molecular flexibility index (Phi) is 6.40. The van der Waals surface area contributed by atoms with Crippen LogP contribution in [-0.2, 0) is 14.3 Å². The van der Waals surface area contributed by atoms with Crippen LogP contribution in [0.5, 0.6) is 5.75 Å². The lowest BCUT2D eigenvalue weighted by Crippen LogP contribution is -2.20. The number of hydrogen-bond acceptors (Lipinski definition) is 7. The first-order valence-corrected chi connectivity index (χ1v) is 9.64. The molecule has 8 nitrogen and oxygen atoms in total. The number of ether oxygens (including phenoxy) is 2. The van der Waals surface area contributed by atoms with Gasteiger partial charge in [-0.2, -0.15) is 0 Å². The van der Waals surface area contributed by atoms with Crippen molar-refractivity contribution in [3.63, 3.8) is 0 Å². The van der Waals surface area contributed by atoms with Crippen molar-refractivity contribution >= 4 is 50.2 Å². The highest BCUT2D eigenvalue weighted by Crippen LogP contribution is 2.29. The predicted octanol–water partition coefficient (Wildman–Crippen LogP) is 3.45. The maximum Gasteiger partial charge on any atom is 0.338 e. The Bertz CT molecular complexity index is 1060. The van der Waals surface area contributed by atoms with Crippen LogP contribution in [-0.4, -0.2) is 36.0 Å². The molecule has 2 amide bonds. The van der Waals surface area contributed by atoms with Crippen molar-refractivity contribution in [3.05, 3.63) is 48.0 Å². The summed E-state index contributed by atoms with van der Waals surface area (Å²) in [7, 11) is 0. The average Bonchev–Trinajstić information content (AvgIpc) is 3.07. The Hall–Kier alpha value is -3.46. The minimum absolute atomic E-state index is 0.229. The second-order valence-electron chi connectivity index (χ2n) is 5.97. The highest BCUT2D eigenvalue weighted by Gasteiger charge is 2.13. The summed E-state index contributed by atoms with van der Waals surface area (Å²) in [4.78, 5) is 39.7. The van der Waals surface area contributed by atoms with Crippen LogP contribution in [0.4, 0.5) is 10.8 Å². The number of fused-ring (bicyclic) bond motifs is 1. The molecule has 0 radical (unpaired) electrons. The fourth-order valence-corrected chi connectivity index (χ4v) is 3.42. The number of rotatable bonds is 7. The van der Waals surface area contributed by atoms with Gasteiger partial charge in [-0.1, -0.05) is 17.4 Å². The van der Waals surface area contributed by atoms with Gasteiger partial charge in [-0.15, -0.1) is 0 Å². The van der Waals surface area contributed by atoms with Crippen LogP contribution in [0, 0.1) is 0 Å². The van der Waals surface area contributed by atoms with Crippen molar-refractivity contribution in [2.75, 3.05) is 23.8 Å². The molecule has 0 fully saturated rings. The van der Waals surface area contributed by atoms with Gasteiger partial charge in [0.25, 0.3) is 5.91 Å². The SMILES string of the molecule is CCOc1ccc2nc(NC(=O)COC(=O)c3cccc(NC(C)=O)c3)sc2c1. The largest absolute Gasteiger partial charge is 0.494 e. The zero-order valence-corrected chi connectivity index (χ0v) is 16.7. The van der Waals surface area contributed by atoms with Crippen LogP contribution in [0.3, 0.4) is 0 Å². The number of hydrogen-bond donors (Lipinski definition) is 2. The molecule has 2 N–H and O–H groups in total. The fourth-order valence-electron chi connectivity index (χ4n) is 2.51. The summed E-state index contributed by atoms with van der Waals surface area (Å²) in [6.07, 6.45) is 0. The molecule has 1 aromatic heterocycles. The summed E-state index contributed by atoms with van der Waals surface area (Å²) in [6, 6.07) is 11.8. The number of benzene rings is 2. The van der Waals surface area contributed by atoms with Gasteiger partial charge in [0.1, 0.15) is 5.75 Å². The zero-order valence-electron chi connectivity index (χ0n) is 15.9. The van der Waals surface area contributed by atoms with Gasteiger partial charge in [-0.25, -0.2) is 9.78 Å². The molecular formula is C20H19N3O5S. The Balaban J connectivity index is 1.57. The third-order valence-corrected chi connectivity index (χ3v) is 4.60. The van der Waals surface area contributed by atoms with Gasteiger partial charge in [0, 0.05) is 12.6 Å². The van der Waals surface area contributed by atoms with Gasteiger partial charge in [0.15, 0.2) is 11.7 Å². The van der Waals surface area contributed by atoms with Gasteiger partial charge in [0.05, 0.1) is 22.4 Å². The Labute approximate surface area is 170 Å². The molecule has 0 spiro atoms. The number of aromatic nitrogens is 1. The molecule has 3 rings (SSSR count). The first kappa shape index (κ1) is 20.3. The Morgan fingerprint density at radius 3 is 2.69 bits per heavy atom. The molecule has 0 aliphatic rings. The summed E-state index contributed by atoms with van der Waals surface area (Å²) < 4.78 is 11.4. The minimum atomic E-state index is -0.669. The average molecular weight is 413 g/mol. The molecule has 150 valence electrons. The van der Waals surface area contributed by atoms with Crippen LogP contribution < -0.4 is 15.4 Å². The number of carbonyl (C=O) groups excluding carboxylic acids is 3. The summed E-state index contributed by atoms with van der Waals surface area (Å²) in [5.41, 5.74) is 1.44. The molecular weight excluding hydrogens is 394 g/mol. The van der Waals surface area contributed by atoms with E-state index in [2.05, 4.69) is 15.6 Å². The van der Waals surface area contributed by atoms with Crippen molar-refractivity contribution in [1.29, 1.82) is 0 Å². The van der Waals surface area contributed by atoms with Crippen LogP contribution >= 0.6 is 11.3 Å². The van der Waals surface area contributed by atoms with E-state index in [1.807, 2.05) is 25.1 Å². The Morgan fingerprint density at radius 2 is 1.93 bits per heavy atom. The van der Waals surface area contributed by atoms with Crippen molar-refractivity contribution in [1.82, 2.24) is 4.98 Å². The minimum Gasteiger partial charge on any atom is -0.494 e. The number of thiazole rings is 1. The topological polar surface area (TPSA) is 107 Å². The number of carbonyl (C=O) groups is 3. The molecule has 0 saturated carbocycles. The van der Waals surface area contributed by atoms with Crippen molar-refractivity contribution in [3.8, 4) is 5.75 Å². The normalized spacial score (nSPS) is 10.4. The second-order valence-corrected chi connectivity index (χ2v) is 7.00. The quantitative estimate of drug-likeness (QED) is 0.575. The van der Waals surface area contributed by atoms with Gasteiger partial charge < -0.3 is 14.8 Å². The number of anilines is 2. The van der Waals surface area contributed by atoms with Gasteiger partial charge in [0.2, 0.25) is 5.91 Å². The molecule has 2 aromatic carbocycles. The predicted molar refractivity (Wildman–Crippen MR) is 110 cm³/mol. The summed E-state index contributed by atoms with van der Waals surface area (Å²) in [5.74, 6) is -0.686. The molecule has 0 unspecified atom stereocenters. The highest BCUT2D eigenvalue weighted by atomic mass is 32.1. The molecule has 0 aliphatic carbocycles. The third kappa shape index (κ3) is 5.52. The fraction of sp³-hybridized carbons (Fsp3) is 0.200. The molecule has 9 heteroatoms. The smallest absolute Gasteiger partial charge is 0.338 e. The van der Waals surface area contributed by atoms with E-state index in [1.54, 1.807) is 12.1 Å². The first-order valence-electron chi connectivity index (χ1n) is 8.82. The maximum absolute atomic E-state index is 12.1. The molecule has 0 bridgehead atoms. The van der Waals surface area contributed by atoms with Crippen LogP contribution in [0.25, 0.3) is 10.2 Å². The van der Waals surface area contributed by atoms with E-state index in [0.717, 1.165) is 16.0 Å². The third-order valence-electron chi connectivity index (χ3n) is 3.67. The molecule has 3 aromatic rings. The zero-order chi connectivity index (χ0) is 20.8. The number of nitrogens with zero attached hydrogens (tertiary/aromatic N) is 1. The number of amides is 2. The van der Waals surface area contributed by atoms with Gasteiger partial charge in [-0.05, 0) is 43.3 Å². The summed E-state index contributed by atoms with van der Waals surface area (Å²) >= 11 is 1.30. The van der Waals surface area contributed by atoms with Crippen molar-refractivity contribution < 1.29 is 23.9 Å². The van der Waals surface area contributed by atoms with Crippen molar-refractivity contribution in [2.24, 2.45) is 0 Å². The monoisotopic (exact) mass is 413 g/mol. The van der Waals surface area contributed by atoms with Crippen LogP contribution in [0.15, 0.2) is 42.5 Å². The Morgan fingerprint density at radius 1 is 1.10 bits per heavy atom. The molecule has 0 saturated heterocycles. The second kappa shape index (κ2) is 9.16. The molecule has 0 aliphatic heterocycles. The van der Waals surface area contributed by atoms with Crippen LogP contribution in [0.1, 0.15) is 24.2 Å². The van der Waals surface area contributed by atoms with Crippen LogP contribution in [0.2, 0.25) is 0 Å². The molecule has 29 heavy (non-hydrogen) atoms. The van der Waals surface area contributed by atoms with Crippen molar-refractivity contribution in [2.45, 2.75) is 13.8 Å². The van der Waals surface area contributed by atoms with Gasteiger partial charge in [-0.3, -0.25) is 14.9 Å². The lowest BCUT2D eigenvalue weighted by atomic mass is 10.2. The number of nitrogens with one attached hydrogen (secondary N) is 2. The summed E-state index contributed by atoms with van der Waals surface area (Å²) in [5, 5.41) is 5.61. The van der Waals surface area contributed by atoms with E-state index in [-0.39, 0.29) is 11.5 Å². The van der Waals surface area contributed by atoms with E-state index in [9.17, 15) is 14.4 Å². The standard InChI is InChI=1S/C20H19N3O5S/c1-3-27-15-7-8-16-17(10-15)29-20(22-16)23-18(25)11-28-19(26)13-5-4-6-14(9-13)21-12(2)24/h4-10H,3,11H2,1-2H3,(H,21,24)(H,22,23,25). The lowest BCUT2D eigenvalue weighted by molar-refractivity contribution is -0.119. The number of esters is 1. The van der Waals surface area contributed by atoms with E-state index in [4.69, 9.17) is 9.47 Å². The maximum atomic E-state index is 12.1. The molecule has 0 atom stereocenters. The first-order chi connectivity index (χ1) is 13.9. The highest BCUT2D eigenvalue weighted by molar-refractivity contribution is 7.22. The van der Waals surface area contributed by atoms with E-state index >= 15 is 0 Å². The van der Waals surface area contributed by atoms with E-state index in [0.29, 0.717) is 17.4 Å². The van der Waals surface area contributed by atoms with E-state index < -0.39 is 18.5 Å². The van der Waals surface area contributed by atoms with E-state index in [1.165, 1.54) is 30.4 Å². The molecule has 1 heterocycles. The van der Waals surface area contributed by atoms with Gasteiger partial charge >= 0.3 is 5.97 Å². The lowest BCUT2D eigenvalue weighted by Gasteiger charge is -2.06.